The summed E-state index contributed by atoms with van der Waals surface area (Å²) >= 11 is 0. The molecule has 1 aromatic heterocycles. The van der Waals surface area contributed by atoms with Gasteiger partial charge in [-0.1, -0.05) is 6.07 Å². The maximum Gasteiger partial charge on any atom is 0.247 e. The number of aryl methyl sites for hydroxylation is 1. The molecule has 0 saturated carbocycles. The molecule has 0 N–H and O–H groups in total. The van der Waals surface area contributed by atoms with E-state index in [0.717, 1.165) is 4.31 Å². The Bertz CT molecular complexity index is 662. The molecule has 0 spiro atoms. The molecule has 0 amide bonds. The number of hydrogen-bond donors (Lipinski definition) is 0. The lowest BCUT2D eigenvalue weighted by Crippen LogP contribution is -2.22. The van der Waals surface area contributed by atoms with Crippen molar-refractivity contribution in [1.29, 1.82) is 0 Å². The summed E-state index contributed by atoms with van der Waals surface area (Å²) in [5.41, 5.74) is 0.582. The smallest absolute Gasteiger partial charge is 0.247 e. The molecule has 0 radical (unpaired) electrons. The lowest BCUT2D eigenvalue weighted by Gasteiger charge is -2.11. The standard InChI is InChI=1S/C11H13N3O3S/c1-8-12-13-11(17-8)9-5-4-6-10(7-9)18(15,16)14(2)3/h4-7H,1-3H3. The minimum Gasteiger partial charge on any atom is -0.421 e. The summed E-state index contributed by atoms with van der Waals surface area (Å²) in [6.07, 6.45) is 0. The summed E-state index contributed by atoms with van der Waals surface area (Å²) in [6.45, 7) is 1.68. The quantitative estimate of drug-likeness (QED) is 0.837. The molecule has 0 unspecified atom stereocenters. The maximum absolute atomic E-state index is 12.0. The molecular formula is C11H13N3O3S. The average molecular weight is 267 g/mol. The van der Waals surface area contributed by atoms with Crippen molar-refractivity contribution < 1.29 is 12.8 Å². The van der Waals surface area contributed by atoms with Crippen LogP contribution in [0.4, 0.5) is 0 Å². The Morgan fingerprint density at radius 2 is 1.94 bits per heavy atom. The van der Waals surface area contributed by atoms with Gasteiger partial charge in [-0.15, -0.1) is 10.2 Å². The van der Waals surface area contributed by atoms with Gasteiger partial charge in [0.2, 0.25) is 21.8 Å². The summed E-state index contributed by atoms with van der Waals surface area (Å²) in [5.74, 6) is 0.745. The number of hydrogen-bond acceptors (Lipinski definition) is 5. The van der Waals surface area contributed by atoms with E-state index in [-0.39, 0.29) is 4.90 Å². The van der Waals surface area contributed by atoms with E-state index in [4.69, 9.17) is 4.42 Å². The lowest BCUT2D eigenvalue weighted by molar-refractivity contribution is 0.520. The fraction of sp³-hybridized carbons (Fsp3) is 0.273. The molecule has 1 aromatic carbocycles. The minimum atomic E-state index is -3.46. The Labute approximate surface area is 105 Å². The molecule has 0 aliphatic carbocycles. The van der Waals surface area contributed by atoms with E-state index in [1.54, 1.807) is 19.1 Å². The van der Waals surface area contributed by atoms with Crippen molar-refractivity contribution in [3.05, 3.63) is 30.2 Å². The molecule has 0 aliphatic heterocycles. The Morgan fingerprint density at radius 1 is 1.22 bits per heavy atom. The third kappa shape index (κ3) is 2.27. The van der Waals surface area contributed by atoms with E-state index in [1.165, 1.54) is 26.2 Å². The average Bonchev–Trinajstić information content (AvgIpc) is 2.76. The summed E-state index contributed by atoms with van der Waals surface area (Å²) in [6, 6.07) is 6.41. The van der Waals surface area contributed by atoms with Crippen molar-refractivity contribution in [2.75, 3.05) is 14.1 Å². The first-order valence-corrected chi connectivity index (χ1v) is 6.68. The fourth-order valence-corrected chi connectivity index (χ4v) is 2.36. The van der Waals surface area contributed by atoms with Gasteiger partial charge in [0.25, 0.3) is 0 Å². The largest absolute Gasteiger partial charge is 0.421 e. The van der Waals surface area contributed by atoms with Gasteiger partial charge in [-0.3, -0.25) is 0 Å². The molecular weight excluding hydrogens is 254 g/mol. The van der Waals surface area contributed by atoms with Crippen LogP contribution in [-0.2, 0) is 10.0 Å². The first kappa shape index (κ1) is 12.7. The van der Waals surface area contributed by atoms with Gasteiger partial charge in [-0.25, -0.2) is 12.7 Å². The number of aromatic nitrogens is 2. The highest BCUT2D eigenvalue weighted by Gasteiger charge is 2.18. The second kappa shape index (κ2) is 4.51. The van der Waals surface area contributed by atoms with E-state index in [2.05, 4.69) is 10.2 Å². The van der Waals surface area contributed by atoms with Crippen LogP contribution < -0.4 is 0 Å². The first-order chi connectivity index (χ1) is 8.41. The van der Waals surface area contributed by atoms with Crippen LogP contribution >= 0.6 is 0 Å². The van der Waals surface area contributed by atoms with Crippen LogP contribution in [0.15, 0.2) is 33.6 Å². The molecule has 0 fully saturated rings. The van der Waals surface area contributed by atoms with Crippen molar-refractivity contribution in [2.24, 2.45) is 0 Å². The van der Waals surface area contributed by atoms with Gasteiger partial charge in [0.05, 0.1) is 4.90 Å². The van der Waals surface area contributed by atoms with Crippen molar-refractivity contribution in [3.8, 4) is 11.5 Å². The Kier molecular flexibility index (Phi) is 3.18. The monoisotopic (exact) mass is 267 g/mol. The normalized spacial score (nSPS) is 12.0. The van der Waals surface area contributed by atoms with Crippen LogP contribution in [-0.4, -0.2) is 37.0 Å². The molecule has 7 heteroatoms. The van der Waals surface area contributed by atoms with Crippen molar-refractivity contribution in [3.63, 3.8) is 0 Å². The second-order valence-corrected chi connectivity index (χ2v) is 6.09. The second-order valence-electron chi connectivity index (χ2n) is 3.94. The maximum atomic E-state index is 12.0. The molecule has 96 valence electrons. The van der Waals surface area contributed by atoms with E-state index in [1.807, 2.05) is 0 Å². The van der Waals surface area contributed by atoms with Gasteiger partial charge in [-0.05, 0) is 18.2 Å². The SMILES string of the molecule is Cc1nnc(-c2cccc(S(=O)(=O)N(C)C)c2)o1. The molecule has 0 saturated heterocycles. The van der Waals surface area contributed by atoms with Gasteiger partial charge in [0.15, 0.2) is 0 Å². The molecule has 0 aliphatic rings. The lowest BCUT2D eigenvalue weighted by atomic mass is 10.2. The molecule has 1 heterocycles. The number of benzene rings is 1. The zero-order valence-electron chi connectivity index (χ0n) is 10.3. The van der Waals surface area contributed by atoms with Gasteiger partial charge in [0, 0.05) is 26.6 Å². The van der Waals surface area contributed by atoms with Crippen molar-refractivity contribution in [1.82, 2.24) is 14.5 Å². The van der Waals surface area contributed by atoms with E-state index >= 15 is 0 Å². The summed E-state index contributed by atoms with van der Waals surface area (Å²) < 4.78 is 30.4. The van der Waals surface area contributed by atoms with Gasteiger partial charge in [0.1, 0.15) is 0 Å². The van der Waals surface area contributed by atoms with Crippen molar-refractivity contribution in [2.45, 2.75) is 11.8 Å². The highest BCUT2D eigenvalue weighted by Crippen LogP contribution is 2.22. The van der Waals surface area contributed by atoms with Gasteiger partial charge < -0.3 is 4.42 Å². The summed E-state index contributed by atoms with van der Waals surface area (Å²) in [7, 11) is -0.487. The first-order valence-electron chi connectivity index (χ1n) is 5.24. The fourth-order valence-electron chi connectivity index (χ4n) is 1.41. The summed E-state index contributed by atoms with van der Waals surface area (Å²) in [5, 5.41) is 7.57. The number of nitrogens with zero attached hydrogens (tertiary/aromatic N) is 3. The highest BCUT2D eigenvalue weighted by atomic mass is 32.2. The molecule has 0 bridgehead atoms. The minimum absolute atomic E-state index is 0.195. The van der Waals surface area contributed by atoms with E-state index in [9.17, 15) is 8.42 Å². The number of sulfonamides is 1. The van der Waals surface area contributed by atoms with Gasteiger partial charge in [-0.2, -0.15) is 0 Å². The molecule has 6 nitrogen and oxygen atoms in total. The van der Waals surface area contributed by atoms with Crippen molar-refractivity contribution >= 4 is 10.0 Å². The van der Waals surface area contributed by atoms with E-state index < -0.39 is 10.0 Å². The zero-order valence-corrected chi connectivity index (χ0v) is 11.1. The third-order valence-electron chi connectivity index (χ3n) is 2.39. The zero-order chi connectivity index (χ0) is 13.3. The predicted octanol–water partition coefficient (Wildman–Crippen LogP) is 1.30. The highest BCUT2D eigenvalue weighted by molar-refractivity contribution is 7.89. The van der Waals surface area contributed by atoms with Crippen LogP contribution in [0.25, 0.3) is 11.5 Å². The molecule has 0 atom stereocenters. The summed E-state index contributed by atoms with van der Waals surface area (Å²) in [4.78, 5) is 0.195. The van der Waals surface area contributed by atoms with E-state index in [0.29, 0.717) is 17.3 Å². The van der Waals surface area contributed by atoms with Gasteiger partial charge >= 0.3 is 0 Å². The Hall–Kier alpha value is -1.73. The van der Waals surface area contributed by atoms with Crippen LogP contribution in [0.5, 0.6) is 0 Å². The van der Waals surface area contributed by atoms with Crippen LogP contribution in [0, 0.1) is 6.92 Å². The Morgan fingerprint density at radius 3 is 2.50 bits per heavy atom. The third-order valence-corrected chi connectivity index (χ3v) is 4.20. The Balaban J connectivity index is 2.49. The van der Waals surface area contributed by atoms with Crippen LogP contribution in [0.2, 0.25) is 0 Å². The molecule has 18 heavy (non-hydrogen) atoms. The topological polar surface area (TPSA) is 76.3 Å². The molecule has 2 aromatic rings. The molecule has 2 rings (SSSR count). The van der Waals surface area contributed by atoms with Crippen LogP contribution in [0.1, 0.15) is 5.89 Å². The predicted molar refractivity (Wildman–Crippen MR) is 65.3 cm³/mol. The van der Waals surface area contributed by atoms with Crippen LogP contribution in [0.3, 0.4) is 0 Å². The number of rotatable bonds is 3.